The lowest BCUT2D eigenvalue weighted by molar-refractivity contribution is 0.737. The van der Waals surface area contributed by atoms with Crippen LogP contribution < -0.4 is 0 Å². The third kappa shape index (κ3) is 2.62. The highest BCUT2D eigenvalue weighted by Crippen LogP contribution is 2.37. The fraction of sp³-hybridized carbons (Fsp3) is 0.455. The Morgan fingerprint density at radius 2 is 2.15 bits per heavy atom. The van der Waals surface area contributed by atoms with Crippen molar-refractivity contribution in [3.8, 4) is 0 Å². The van der Waals surface area contributed by atoms with Crippen LogP contribution in [0.5, 0.6) is 0 Å². The van der Waals surface area contributed by atoms with Gasteiger partial charge in [-0.1, -0.05) is 23.7 Å². The molecule has 0 nitrogen and oxygen atoms in total. The molecule has 1 aromatic carbocycles. The zero-order valence-corrected chi connectivity index (χ0v) is 8.85. The second-order valence-electron chi connectivity index (χ2n) is 3.69. The topological polar surface area (TPSA) is 0 Å². The Bertz CT molecular complexity index is 292. The maximum Gasteiger partial charge on any atom is 0.0408 e. The van der Waals surface area contributed by atoms with Gasteiger partial charge in [-0.3, -0.25) is 0 Å². The molecule has 13 heavy (non-hydrogen) atoms. The second kappa shape index (κ2) is 3.89. The smallest absolute Gasteiger partial charge is 0.0408 e. The fourth-order valence-electron chi connectivity index (χ4n) is 1.51. The molecule has 1 unspecified atom stereocenters. The fourth-order valence-corrected chi connectivity index (χ4v) is 2.16. The van der Waals surface area contributed by atoms with E-state index in [0.717, 1.165) is 17.4 Å². The molecule has 0 bridgehead atoms. The molecule has 1 saturated carbocycles. The summed E-state index contributed by atoms with van der Waals surface area (Å²) in [6, 6.07) is 7.96. The van der Waals surface area contributed by atoms with Gasteiger partial charge in [-0.25, -0.2) is 0 Å². The lowest BCUT2D eigenvalue weighted by atomic mass is 10.1. The van der Waals surface area contributed by atoms with Gasteiger partial charge in [0.1, 0.15) is 0 Å². The van der Waals surface area contributed by atoms with Gasteiger partial charge in [0, 0.05) is 10.4 Å². The summed E-state index contributed by atoms with van der Waals surface area (Å²) in [5.74, 6) is 0.751. The predicted octanol–water partition coefficient (Wildman–Crippen LogP) is 3.90. The van der Waals surface area contributed by atoms with Crippen LogP contribution in [0.2, 0.25) is 5.02 Å². The minimum atomic E-state index is 0.304. The largest absolute Gasteiger partial charge is 0.122 e. The number of rotatable bonds is 3. The molecular formula is C11H12Cl2. The monoisotopic (exact) mass is 214 g/mol. The van der Waals surface area contributed by atoms with Crippen LogP contribution in [0.4, 0.5) is 0 Å². The molecule has 0 N–H and O–H groups in total. The van der Waals surface area contributed by atoms with Crippen LogP contribution in [0.3, 0.4) is 0 Å². The van der Waals surface area contributed by atoms with E-state index >= 15 is 0 Å². The van der Waals surface area contributed by atoms with Crippen molar-refractivity contribution in [3.63, 3.8) is 0 Å². The van der Waals surface area contributed by atoms with E-state index in [1.54, 1.807) is 0 Å². The third-order valence-corrected chi connectivity index (χ3v) is 3.20. The second-order valence-corrected chi connectivity index (χ2v) is 4.68. The SMILES string of the molecule is Clc1cccc(CC(Cl)C2CC2)c1. The first-order valence-corrected chi connectivity index (χ1v) is 5.45. The van der Waals surface area contributed by atoms with Gasteiger partial charge in [0.15, 0.2) is 0 Å². The maximum atomic E-state index is 6.22. The number of benzene rings is 1. The standard InChI is InChI=1S/C11H12Cl2/c12-10-3-1-2-8(6-10)7-11(13)9-4-5-9/h1-3,6,9,11H,4-5,7H2. The van der Waals surface area contributed by atoms with Crippen LogP contribution in [0, 0.1) is 5.92 Å². The van der Waals surface area contributed by atoms with Gasteiger partial charge in [0.25, 0.3) is 0 Å². The first-order chi connectivity index (χ1) is 6.25. The summed E-state index contributed by atoms with van der Waals surface area (Å²) < 4.78 is 0. The summed E-state index contributed by atoms with van der Waals surface area (Å²) in [5.41, 5.74) is 1.25. The van der Waals surface area contributed by atoms with Crippen LogP contribution in [-0.2, 0) is 6.42 Å². The Morgan fingerprint density at radius 3 is 2.77 bits per heavy atom. The maximum absolute atomic E-state index is 6.22. The van der Waals surface area contributed by atoms with Gasteiger partial charge >= 0.3 is 0 Å². The van der Waals surface area contributed by atoms with Crippen LogP contribution in [-0.4, -0.2) is 5.38 Å². The zero-order valence-electron chi connectivity index (χ0n) is 7.34. The quantitative estimate of drug-likeness (QED) is 0.670. The van der Waals surface area contributed by atoms with Crippen molar-refractivity contribution in [1.29, 1.82) is 0 Å². The lowest BCUT2D eigenvalue weighted by Gasteiger charge is -2.07. The van der Waals surface area contributed by atoms with Crippen LogP contribution >= 0.6 is 23.2 Å². The molecule has 1 aromatic rings. The Balaban J connectivity index is 2.00. The Hall–Kier alpha value is -0.200. The molecule has 70 valence electrons. The number of alkyl halides is 1. The van der Waals surface area contributed by atoms with Gasteiger partial charge in [-0.05, 0) is 42.9 Å². The van der Waals surface area contributed by atoms with E-state index in [0.29, 0.717) is 5.38 Å². The van der Waals surface area contributed by atoms with Crippen molar-refractivity contribution in [1.82, 2.24) is 0 Å². The van der Waals surface area contributed by atoms with Crippen LogP contribution in [0.15, 0.2) is 24.3 Å². The molecular weight excluding hydrogens is 203 g/mol. The molecule has 0 aromatic heterocycles. The Morgan fingerprint density at radius 1 is 1.38 bits per heavy atom. The van der Waals surface area contributed by atoms with E-state index in [1.807, 2.05) is 18.2 Å². The molecule has 1 fully saturated rings. The van der Waals surface area contributed by atoms with Gasteiger partial charge in [0.05, 0.1) is 0 Å². The van der Waals surface area contributed by atoms with Crippen molar-refractivity contribution in [3.05, 3.63) is 34.9 Å². The third-order valence-electron chi connectivity index (χ3n) is 2.45. The summed E-state index contributed by atoms with van der Waals surface area (Å²) in [6.07, 6.45) is 3.55. The molecule has 2 rings (SSSR count). The predicted molar refractivity (Wildman–Crippen MR) is 57.5 cm³/mol. The lowest BCUT2D eigenvalue weighted by Crippen LogP contribution is -2.05. The van der Waals surface area contributed by atoms with E-state index in [2.05, 4.69) is 6.07 Å². The van der Waals surface area contributed by atoms with Crippen molar-refractivity contribution < 1.29 is 0 Å². The van der Waals surface area contributed by atoms with E-state index in [1.165, 1.54) is 18.4 Å². The van der Waals surface area contributed by atoms with Crippen molar-refractivity contribution in [2.45, 2.75) is 24.6 Å². The molecule has 2 heteroatoms. The molecule has 0 radical (unpaired) electrons. The molecule has 0 saturated heterocycles. The van der Waals surface area contributed by atoms with Gasteiger partial charge in [-0.2, -0.15) is 0 Å². The first kappa shape index (κ1) is 9.36. The first-order valence-electron chi connectivity index (χ1n) is 4.64. The minimum absolute atomic E-state index is 0.304. The highest BCUT2D eigenvalue weighted by Gasteiger charge is 2.29. The molecule has 1 aliphatic carbocycles. The Kier molecular flexibility index (Phi) is 2.80. The molecule has 1 aliphatic rings. The number of hydrogen-bond acceptors (Lipinski definition) is 0. The molecule has 0 amide bonds. The highest BCUT2D eigenvalue weighted by atomic mass is 35.5. The zero-order chi connectivity index (χ0) is 9.26. The van der Waals surface area contributed by atoms with E-state index in [4.69, 9.17) is 23.2 Å². The number of halogens is 2. The summed E-state index contributed by atoms with van der Waals surface area (Å²) in [4.78, 5) is 0. The summed E-state index contributed by atoms with van der Waals surface area (Å²) in [6.45, 7) is 0. The highest BCUT2D eigenvalue weighted by molar-refractivity contribution is 6.30. The Labute approximate surface area is 88.9 Å². The van der Waals surface area contributed by atoms with E-state index < -0.39 is 0 Å². The van der Waals surface area contributed by atoms with Crippen LogP contribution in [0.1, 0.15) is 18.4 Å². The van der Waals surface area contributed by atoms with Gasteiger partial charge in [-0.15, -0.1) is 11.6 Å². The average molecular weight is 215 g/mol. The van der Waals surface area contributed by atoms with Crippen molar-refractivity contribution >= 4 is 23.2 Å². The minimum Gasteiger partial charge on any atom is -0.122 e. The molecule has 0 spiro atoms. The summed E-state index contributed by atoms with van der Waals surface area (Å²) >= 11 is 12.1. The van der Waals surface area contributed by atoms with Crippen LogP contribution in [0.25, 0.3) is 0 Å². The normalized spacial score (nSPS) is 18.6. The molecule has 0 heterocycles. The number of hydrogen-bond donors (Lipinski definition) is 0. The van der Waals surface area contributed by atoms with Gasteiger partial charge in [0.2, 0.25) is 0 Å². The molecule has 1 atom stereocenters. The average Bonchev–Trinajstić information content (AvgIpc) is 2.85. The van der Waals surface area contributed by atoms with E-state index in [-0.39, 0.29) is 0 Å². The van der Waals surface area contributed by atoms with Crippen molar-refractivity contribution in [2.24, 2.45) is 5.92 Å². The summed E-state index contributed by atoms with van der Waals surface area (Å²) in [7, 11) is 0. The van der Waals surface area contributed by atoms with E-state index in [9.17, 15) is 0 Å². The summed E-state index contributed by atoms with van der Waals surface area (Å²) in [5, 5.41) is 1.11. The van der Waals surface area contributed by atoms with Crippen molar-refractivity contribution in [2.75, 3.05) is 0 Å². The van der Waals surface area contributed by atoms with Gasteiger partial charge < -0.3 is 0 Å². The molecule has 0 aliphatic heterocycles.